The zero-order valence-corrected chi connectivity index (χ0v) is 12.0. The lowest BCUT2D eigenvalue weighted by atomic mass is 9.88. The van der Waals surface area contributed by atoms with Gasteiger partial charge in [-0.05, 0) is 53.1 Å². The van der Waals surface area contributed by atoms with Crippen molar-refractivity contribution in [1.82, 2.24) is 5.32 Å². The van der Waals surface area contributed by atoms with E-state index in [0.717, 1.165) is 13.1 Å². The molecule has 1 aromatic carbocycles. The summed E-state index contributed by atoms with van der Waals surface area (Å²) in [7, 11) is 0. The number of carboxylic acid groups (broad SMARTS) is 1. The number of rotatable bonds is 4. The second kappa shape index (κ2) is 5.71. The Morgan fingerprint density at radius 3 is 2.63 bits per heavy atom. The molecule has 1 atom stereocenters. The third kappa shape index (κ3) is 3.13. The van der Waals surface area contributed by atoms with Crippen LogP contribution < -0.4 is 10.6 Å². The molecular weight excluding hydrogens is 312 g/mol. The predicted molar refractivity (Wildman–Crippen MR) is 75.3 cm³/mol. The minimum absolute atomic E-state index is 0.0460. The minimum Gasteiger partial charge on any atom is -0.478 e. The van der Waals surface area contributed by atoms with Crippen molar-refractivity contribution >= 4 is 33.5 Å². The van der Waals surface area contributed by atoms with Gasteiger partial charge in [-0.25, -0.2) is 4.79 Å². The maximum atomic E-state index is 12.0. The van der Waals surface area contributed by atoms with Crippen LogP contribution in [0.15, 0.2) is 22.7 Å². The third-order valence-corrected chi connectivity index (χ3v) is 4.06. The molecule has 1 aliphatic rings. The second-order valence-corrected chi connectivity index (χ2v) is 5.55. The number of halogens is 1. The van der Waals surface area contributed by atoms with Crippen molar-refractivity contribution < 1.29 is 14.7 Å². The van der Waals surface area contributed by atoms with Crippen LogP contribution in [0.5, 0.6) is 0 Å². The predicted octanol–water partition coefficient (Wildman–Crippen LogP) is 1.94. The van der Waals surface area contributed by atoms with Crippen LogP contribution in [0.1, 0.15) is 17.3 Å². The summed E-state index contributed by atoms with van der Waals surface area (Å²) in [6.45, 7) is 3.64. The van der Waals surface area contributed by atoms with Crippen molar-refractivity contribution in [1.29, 1.82) is 0 Å². The fourth-order valence-corrected chi connectivity index (χ4v) is 2.35. The number of nitrogens with one attached hydrogen (secondary N) is 2. The monoisotopic (exact) mass is 326 g/mol. The SMILES string of the molecule is CC(C(=O)Nc1ccc(C(=O)O)cc1Br)C1CNC1. The first-order valence-electron chi connectivity index (χ1n) is 6.03. The number of carboxylic acids is 1. The quantitative estimate of drug-likeness (QED) is 0.790. The highest BCUT2D eigenvalue weighted by atomic mass is 79.9. The van der Waals surface area contributed by atoms with Crippen LogP contribution in [-0.4, -0.2) is 30.1 Å². The molecule has 1 amide bonds. The maximum absolute atomic E-state index is 12.0. The van der Waals surface area contributed by atoms with Crippen molar-refractivity contribution in [3.8, 4) is 0 Å². The molecule has 1 aromatic rings. The van der Waals surface area contributed by atoms with Gasteiger partial charge in [0.1, 0.15) is 0 Å². The summed E-state index contributed by atoms with van der Waals surface area (Å²) in [5, 5.41) is 14.8. The average molecular weight is 327 g/mol. The number of aromatic carboxylic acids is 1. The Bertz CT molecular complexity index is 515. The second-order valence-electron chi connectivity index (χ2n) is 4.70. The van der Waals surface area contributed by atoms with Gasteiger partial charge in [-0.1, -0.05) is 6.92 Å². The van der Waals surface area contributed by atoms with Crippen LogP contribution in [0, 0.1) is 11.8 Å². The minimum atomic E-state index is -0.993. The Morgan fingerprint density at radius 2 is 2.16 bits per heavy atom. The van der Waals surface area contributed by atoms with E-state index in [9.17, 15) is 9.59 Å². The largest absolute Gasteiger partial charge is 0.478 e. The highest BCUT2D eigenvalue weighted by Gasteiger charge is 2.28. The average Bonchev–Trinajstić information content (AvgIpc) is 2.29. The maximum Gasteiger partial charge on any atom is 0.335 e. The molecule has 1 aliphatic heterocycles. The molecule has 0 spiro atoms. The van der Waals surface area contributed by atoms with Gasteiger partial charge in [-0.3, -0.25) is 4.79 Å². The zero-order chi connectivity index (χ0) is 14.0. The van der Waals surface area contributed by atoms with E-state index in [0.29, 0.717) is 16.1 Å². The van der Waals surface area contributed by atoms with E-state index in [4.69, 9.17) is 5.11 Å². The number of hydrogen-bond acceptors (Lipinski definition) is 3. The number of anilines is 1. The van der Waals surface area contributed by atoms with Crippen molar-refractivity contribution in [2.24, 2.45) is 11.8 Å². The van der Waals surface area contributed by atoms with Gasteiger partial charge in [0, 0.05) is 10.4 Å². The summed E-state index contributed by atoms with van der Waals surface area (Å²) < 4.78 is 0.569. The van der Waals surface area contributed by atoms with Crippen LogP contribution in [0.25, 0.3) is 0 Å². The van der Waals surface area contributed by atoms with E-state index in [2.05, 4.69) is 26.6 Å². The lowest BCUT2D eigenvalue weighted by Gasteiger charge is -2.31. The molecule has 1 saturated heterocycles. The third-order valence-electron chi connectivity index (χ3n) is 3.41. The summed E-state index contributed by atoms with van der Waals surface area (Å²) >= 11 is 3.27. The molecule has 2 rings (SSSR count). The van der Waals surface area contributed by atoms with Gasteiger partial charge in [0.25, 0.3) is 0 Å². The van der Waals surface area contributed by atoms with E-state index in [1.165, 1.54) is 12.1 Å². The number of carbonyl (C=O) groups excluding carboxylic acids is 1. The summed E-state index contributed by atoms with van der Waals surface area (Å²) in [5.74, 6) is -0.730. The lowest BCUT2D eigenvalue weighted by molar-refractivity contribution is -0.121. The molecular formula is C13H15BrN2O3. The highest BCUT2D eigenvalue weighted by molar-refractivity contribution is 9.10. The molecule has 0 bridgehead atoms. The molecule has 3 N–H and O–H groups in total. The number of benzene rings is 1. The Morgan fingerprint density at radius 1 is 1.47 bits per heavy atom. The fourth-order valence-electron chi connectivity index (χ4n) is 1.87. The number of carbonyl (C=O) groups is 2. The van der Waals surface area contributed by atoms with E-state index in [-0.39, 0.29) is 17.4 Å². The summed E-state index contributed by atoms with van der Waals surface area (Å²) in [5.41, 5.74) is 0.773. The molecule has 19 heavy (non-hydrogen) atoms. The standard InChI is InChI=1S/C13H15BrN2O3/c1-7(9-5-15-6-9)12(17)16-11-3-2-8(13(18)19)4-10(11)14/h2-4,7,9,15H,5-6H2,1H3,(H,16,17)(H,18,19). The summed E-state index contributed by atoms with van der Waals surface area (Å²) in [6.07, 6.45) is 0. The van der Waals surface area contributed by atoms with E-state index in [1.54, 1.807) is 6.07 Å². The summed E-state index contributed by atoms with van der Waals surface area (Å²) in [6, 6.07) is 4.54. The van der Waals surface area contributed by atoms with Crippen molar-refractivity contribution in [2.75, 3.05) is 18.4 Å². The van der Waals surface area contributed by atoms with Gasteiger partial charge < -0.3 is 15.7 Å². The van der Waals surface area contributed by atoms with Crippen LogP contribution in [-0.2, 0) is 4.79 Å². The van der Waals surface area contributed by atoms with Crippen molar-refractivity contribution in [3.63, 3.8) is 0 Å². The summed E-state index contributed by atoms with van der Waals surface area (Å²) in [4.78, 5) is 22.9. The van der Waals surface area contributed by atoms with Crippen molar-refractivity contribution in [2.45, 2.75) is 6.92 Å². The van der Waals surface area contributed by atoms with Gasteiger partial charge in [-0.2, -0.15) is 0 Å². The first-order valence-corrected chi connectivity index (χ1v) is 6.82. The molecule has 0 saturated carbocycles. The van der Waals surface area contributed by atoms with Crippen LogP contribution in [0.3, 0.4) is 0 Å². The Hall–Kier alpha value is -1.40. The fraction of sp³-hybridized carbons (Fsp3) is 0.385. The molecule has 1 heterocycles. The van der Waals surface area contributed by atoms with Crippen molar-refractivity contribution in [3.05, 3.63) is 28.2 Å². The van der Waals surface area contributed by atoms with Crippen LogP contribution in [0.2, 0.25) is 0 Å². The first-order chi connectivity index (χ1) is 8.99. The molecule has 0 aromatic heterocycles. The highest BCUT2D eigenvalue weighted by Crippen LogP contribution is 2.25. The van der Waals surface area contributed by atoms with E-state index in [1.807, 2.05) is 6.92 Å². The van der Waals surface area contributed by atoms with Crippen LogP contribution in [0.4, 0.5) is 5.69 Å². The van der Waals surface area contributed by atoms with Gasteiger partial charge in [0.05, 0.1) is 11.3 Å². The number of amides is 1. The van der Waals surface area contributed by atoms with Gasteiger partial charge in [-0.15, -0.1) is 0 Å². The number of hydrogen-bond donors (Lipinski definition) is 3. The molecule has 5 nitrogen and oxygen atoms in total. The smallest absolute Gasteiger partial charge is 0.335 e. The van der Waals surface area contributed by atoms with E-state index < -0.39 is 5.97 Å². The lowest BCUT2D eigenvalue weighted by Crippen LogP contribution is -2.48. The van der Waals surface area contributed by atoms with Gasteiger partial charge in [0.15, 0.2) is 0 Å². The molecule has 0 aliphatic carbocycles. The first kappa shape index (κ1) is 14.0. The van der Waals surface area contributed by atoms with Crippen LogP contribution >= 0.6 is 15.9 Å². The van der Waals surface area contributed by atoms with Gasteiger partial charge >= 0.3 is 5.97 Å². The topological polar surface area (TPSA) is 78.4 Å². The molecule has 102 valence electrons. The Labute approximate surface area is 119 Å². The zero-order valence-electron chi connectivity index (χ0n) is 10.4. The molecule has 1 fully saturated rings. The van der Waals surface area contributed by atoms with Gasteiger partial charge in [0.2, 0.25) is 5.91 Å². The molecule has 0 radical (unpaired) electrons. The Balaban J connectivity index is 2.06. The normalized spacial score (nSPS) is 16.5. The Kier molecular flexibility index (Phi) is 4.21. The molecule has 6 heteroatoms. The van der Waals surface area contributed by atoms with E-state index >= 15 is 0 Å². The molecule has 1 unspecified atom stereocenters.